The molecule has 0 aliphatic carbocycles. The van der Waals surface area contributed by atoms with Crippen molar-refractivity contribution >= 4 is 6.09 Å². The predicted octanol–water partition coefficient (Wildman–Crippen LogP) is 3.97. The number of halogens is 1. The summed E-state index contributed by atoms with van der Waals surface area (Å²) in [4.78, 5) is 12.2. The third-order valence-electron chi connectivity index (χ3n) is 4.59. The van der Waals surface area contributed by atoms with Gasteiger partial charge in [-0.2, -0.15) is 0 Å². The average Bonchev–Trinajstić information content (AvgIpc) is 3.17. The Morgan fingerprint density at radius 2 is 2.00 bits per heavy atom. The monoisotopic (exact) mass is 412 g/mol. The van der Waals surface area contributed by atoms with E-state index in [1.165, 1.54) is 6.07 Å². The molecule has 0 radical (unpaired) electrons. The summed E-state index contributed by atoms with van der Waals surface area (Å²) in [6.07, 6.45) is 0.951. The minimum Gasteiger partial charge on any atom is -0.410 e. The zero-order chi connectivity index (χ0) is 21.8. The molecule has 0 aliphatic rings. The van der Waals surface area contributed by atoms with Crippen LogP contribution in [0.15, 0.2) is 42.6 Å². The molecule has 1 amide bonds. The van der Waals surface area contributed by atoms with Gasteiger partial charge in [-0.05, 0) is 49.1 Å². The molecule has 1 heterocycles. The summed E-state index contributed by atoms with van der Waals surface area (Å²) in [5.41, 5.74) is 3.17. The molecule has 3 rings (SSSR count). The number of nitrogens with zero attached hydrogens (tertiary/aromatic N) is 3. The van der Waals surface area contributed by atoms with Gasteiger partial charge in [-0.1, -0.05) is 31.2 Å². The molecule has 1 unspecified atom stereocenters. The molecule has 0 bridgehead atoms. The fraction of sp³-hybridized carbons (Fsp3) is 0.318. The number of aliphatic hydroxyl groups is 1. The number of benzene rings is 2. The van der Waals surface area contributed by atoms with E-state index in [-0.39, 0.29) is 24.1 Å². The highest BCUT2D eigenvalue weighted by Gasteiger charge is 2.16. The van der Waals surface area contributed by atoms with Crippen LogP contribution >= 0.6 is 0 Å². The van der Waals surface area contributed by atoms with Crippen LogP contribution in [0.1, 0.15) is 37.9 Å². The Morgan fingerprint density at radius 1 is 1.23 bits per heavy atom. The summed E-state index contributed by atoms with van der Waals surface area (Å²) < 4.78 is 21.7. The van der Waals surface area contributed by atoms with Crippen LogP contribution in [0, 0.1) is 12.7 Å². The van der Waals surface area contributed by atoms with Crippen LogP contribution in [-0.2, 0) is 0 Å². The first-order chi connectivity index (χ1) is 14.3. The van der Waals surface area contributed by atoms with E-state index in [1.54, 1.807) is 42.1 Å². The molecule has 0 saturated heterocycles. The Bertz CT molecular complexity index is 1050. The minimum absolute atomic E-state index is 0.151. The molecule has 1 atom stereocenters. The lowest BCUT2D eigenvalue weighted by atomic mass is 10.0. The van der Waals surface area contributed by atoms with Crippen molar-refractivity contribution in [2.24, 2.45) is 0 Å². The molecule has 7 nitrogen and oxygen atoms in total. The molecule has 30 heavy (non-hydrogen) atoms. The van der Waals surface area contributed by atoms with E-state index in [4.69, 9.17) is 9.84 Å². The van der Waals surface area contributed by atoms with Gasteiger partial charge in [0.1, 0.15) is 11.6 Å². The Balaban J connectivity index is 2.08. The Kier molecular flexibility index (Phi) is 6.47. The largest absolute Gasteiger partial charge is 0.412 e. The second-order valence-electron chi connectivity index (χ2n) is 7.54. The molecule has 8 heteroatoms. The number of aromatic nitrogens is 3. The number of aryl methyl sites for hydroxylation is 1. The van der Waals surface area contributed by atoms with Crippen molar-refractivity contribution in [3.05, 3.63) is 59.7 Å². The van der Waals surface area contributed by atoms with E-state index in [0.29, 0.717) is 16.8 Å². The third-order valence-corrected chi connectivity index (χ3v) is 4.59. The summed E-state index contributed by atoms with van der Waals surface area (Å²) in [5.74, 6) is -0.00714. The first-order valence-corrected chi connectivity index (χ1v) is 9.70. The van der Waals surface area contributed by atoms with Crippen molar-refractivity contribution in [2.75, 3.05) is 6.61 Å². The first kappa shape index (κ1) is 21.4. The Morgan fingerprint density at radius 3 is 2.67 bits per heavy atom. The van der Waals surface area contributed by atoms with Crippen LogP contribution in [0.2, 0.25) is 0 Å². The maximum atomic E-state index is 14.6. The van der Waals surface area contributed by atoms with Crippen LogP contribution in [0.4, 0.5) is 9.18 Å². The summed E-state index contributed by atoms with van der Waals surface area (Å²) >= 11 is 0. The first-order valence-electron chi connectivity index (χ1n) is 9.70. The average molecular weight is 412 g/mol. The molecule has 0 saturated carbocycles. The molecule has 2 aromatic carbocycles. The zero-order valence-electron chi connectivity index (χ0n) is 17.4. The minimum atomic E-state index is -0.716. The number of carbonyl (C=O) groups is 1. The lowest BCUT2D eigenvalue weighted by molar-refractivity contribution is 0.186. The zero-order valence-corrected chi connectivity index (χ0v) is 17.4. The highest BCUT2D eigenvalue weighted by Crippen LogP contribution is 2.31. The molecule has 0 aliphatic heterocycles. The summed E-state index contributed by atoms with van der Waals surface area (Å²) in [6.45, 7) is 7.27. The highest BCUT2D eigenvalue weighted by atomic mass is 19.1. The smallest absolute Gasteiger partial charge is 0.410 e. The topological polar surface area (TPSA) is 89.3 Å². The van der Waals surface area contributed by atoms with E-state index >= 15 is 0 Å². The van der Waals surface area contributed by atoms with E-state index in [0.717, 1.165) is 11.3 Å². The number of ether oxygens (including phenoxy) is 1. The van der Waals surface area contributed by atoms with Crippen molar-refractivity contribution in [3.8, 4) is 22.6 Å². The molecule has 2 N–H and O–H groups in total. The SMILES string of the molecule is Cc1ccc(-c2cc(OC(=O)NC(C)CO)cc(-n3nncc3C(C)C)c2)c(F)c1. The van der Waals surface area contributed by atoms with Crippen LogP contribution < -0.4 is 10.1 Å². The number of amides is 1. The van der Waals surface area contributed by atoms with Gasteiger partial charge in [-0.3, -0.25) is 0 Å². The van der Waals surface area contributed by atoms with Gasteiger partial charge in [0, 0.05) is 11.6 Å². The normalized spacial score (nSPS) is 12.1. The quantitative estimate of drug-likeness (QED) is 0.639. The lowest BCUT2D eigenvalue weighted by Gasteiger charge is -2.15. The van der Waals surface area contributed by atoms with Gasteiger partial charge in [0.05, 0.1) is 30.2 Å². The van der Waals surface area contributed by atoms with Gasteiger partial charge >= 0.3 is 6.09 Å². The maximum absolute atomic E-state index is 14.6. The van der Waals surface area contributed by atoms with Gasteiger partial charge in [0.25, 0.3) is 0 Å². The second kappa shape index (κ2) is 9.04. The molecular weight excluding hydrogens is 387 g/mol. The number of carbonyl (C=O) groups excluding carboxylic acids is 1. The van der Waals surface area contributed by atoms with E-state index < -0.39 is 12.1 Å². The lowest BCUT2D eigenvalue weighted by Crippen LogP contribution is -2.37. The van der Waals surface area contributed by atoms with Gasteiger partial charge in [0.2, 0.25) is 0 Å². The predicted molar refractivity (Wildman–Crippen MR) is 111 cm³/mol. The molecule has 0 spiro atoms. The van der Waals surface area contributed by atoms with Gasteiger partial charge in [0.15, 0.2) is 0 Å². The fourth-order valence-electron chi connectivity index (χ4n) is 2.99. The van der Waals surface area contributed by atoms with Crippen molar-refractivity contribution < 1.29 is 19.0 Å². The number of nitrogens with one attached hydrogen (secondary N) is 1. The highest BCUT2D eigenvalue weighted by molar-refractivity contribution is 5.74. The van der Waals surface area contributed by atoms with Crippen LogP contribution in [-0.4, -0.2) is 38.8 Å². The number of hydrogen-bond donors (Lipinski definition) is 2. The van der Waals surface area contributed by atoms with Crippen molar-refractivity contribution in [3.63, 3.8) is 0 Å². The fourth-order valence-corrected chi connectivity index (χ4v) is 2.99. The standard InChI is InChI=1S/C22H25FN4O3/c1-13(2)21-11-24-26-27(21)17-8-16(19-6-5-14(3)7-20(19)23)9-18(10-17)30-22(29)25-15(4)12-28/h5-11,13,15,28H,12H2,1-4H3,(H,25,29). The number of rotatable bonds is 6. The molecular formula is C22H25FN4O3. The Hall–Kier alpha value is -3.26. The van der Waals surface area contributed by atoms with E-state index in [9.17, 15) is 9.18 Å². The van der Waals surface area contributed by atoms with Crippen LogP contribution in [0.25, 0.3) is 16.8 Å². The second-order valence-corrected chi connectivity index (χ2v) is 7.54. The van der Waals surface area contributed by atoms with Crippen LogP contribution in [0.3, 0.4) is 0 Å². The van der Waals surface area contributed by atoms with Crippen molar-refractivity contribution in [2.45, 2.75) is 39.7 Å². The summed E-state index contributed by atoms with van der Waals surface area (Å²) in [5, 5.41) is 19.8. The van der Waals surface area contributed by atoms with E-state index in [1.807, 2.05) is 26.8 Å². The Labute approximate surface area is 174 Å². The third kappa shape index (κ3) is 4.83. The number of hydrogen-bond acceptors (Lipinski definition) is 5. The summed E-state index contributed by atoms with van der Waals surface area (Å²) in [7, 11) is 0. The van der Waals surface area contributed by atoms with Crippen molar-refractivity contribution in [1.82, 2.24) is 20.3 Å². The van der Waals surface area contributed by atoms with Crippen molar-refractivity contribution in [1.29, 1.82) is 0 Å². The van der Waals surface area contributed by atoms with Crippen LogP contribution in [0.5, 0.6) is 5.75 Å². The molecule has 1 aromatic heterocycles. The number of aliphatic hydroxyl groups excluding tert-OH is 1. The van der Waals surface area contributed by atoms with Gasteiger partial charge in [-0.15, -0.1) is 5.10 Å². The molecule has 0 fully saturated rings. The maximum Gasteiger partial charge on any atom is 0.412 e. The van der Waals surface area contributed by atoms with E-state index in [2.05, 4.69) is 15.6 Å². The molecule has 3 aromatic rings. The van der Waals surface area contributed by atoms with Gasteiger partial charge in [-0.25, -0.2) is 13.9 Å². The molecule has 158 valence electrons. The summed E-state index contributed by atoms with van der Waals surface area (Å²) in [6, 6.07) is 9.49. The van der Waals surface area contributed by atoms with Gasteiger partial charge < -0.3 is 15.2 Å².